The Morgan fingerprint density at radius 1 is 1.25 bits per heavy atom. The smallest absolute Gasteiger partial charge is 0.140 e. The number of fused-ring (bicyclic) bond motifs is 1. The second-order valence-electron chi connectivity index (χ2n) is 4.68. The molecule has 0 bridgehead atoms. The van der Waals surface area contributed by atoms with Gasteiger partial charge in [0, 0.05) is 18.2 Å². The molecule has 108 valence electrons. The maximum Gasteiger partial charge on any atom is 0.140 e. The van der Waals surface area contributed by atoms with Gasteiger partial charge in [0.25, 0.3) is 0 Å². The van der Waals surface area contributed by atoms with Crippen LogP contribution in [0.5, 0.6) is 5.75 Å². The molecule has 1 unspecified atom stereocenters. The van der Waals surface area contributed by atoms with Crippen LogP contribution >= 0.6 is 35.6 Å². The summed E-state index contributed by atoms with van der Waals surface area (Å²) in [5.74, 6) is 1.67. The van der Waals surface area contributed by atoms with Crippen molar-refractivity contribution in [3.63, 3.8) is 0 Å². The third-order valence-corrected chi connectivity index (χ3v) is 3.93. The quantitative estimate of drug-likeness (QED) is 0.804. The lowest BCUT2D eigenvalue weighted by Crippen LogP contribution is -2.32. The van der Waals surface area contributed by atoms with Crippen molar-refractivity contribution >= 4 is 35.6 Å². The Hall–Kier alpha value is -0.870. The number of hydrogen-bond acceptors (Lipinski definition) is 3. The monoisotopic (exact) mass is 333 g/mol. The van der Waals surface area contributed by atoms with Crippen molar-refractivity contribution in [3.8, 4) is 5.75 Å². The van der Waals surface area contributed by atoms with Crippen molar-refractivity contribution in [2.24, 2.45) is 0 Å². The van der Waals surface area contributed by atoms with Crippen molar-refractivity contribution in [1.82, 2.24) is 4.90 Å². The van der Waals surface area contributed by atoms with Crippen LogP contribution in [0.1, 0.15) is 17.4 Å². The molecule has 0 radical (unpaired) electrons. The van der Waals surface area contributed by atoms with E-state index in [4.69, 9.17) is 32.4 Å². The van der Waals surface area contributed by atoms with Gasteiger partial charge in [-0.2, -0.15) is 0 Å². The van der Waals surface area contributed by atoms with Crippen LogP contribution in [0.4, 0.5) is 0 Å². The van der Waals surface area contributed by atoms with Gasteiger partial charge in [-0.15, -0.1) is 12.4 Å². The molecule has 0 fully saturated rings. The zero-order chi connectivity index (χ0) is 13.4. The number of halogens is 3. The molecule has 0 spiro atoms. The van der Waals surface area contributed by atoms with Gasteiger partial charge >= 0.3 is 0 Å². The molecule has 1 aromatic heterocycles. The Kier molecular flexibility index (Phi) is 4.86. The van der Waals surface area contributed by atoms with Crippen molar-refractivity contribution in [3.05, 3.63) is 51.9 Å². The number of hydrogen-bond donors (Lipinski definition) is 0. The van der Waals surface area contributed by atoms with E-state index in [9.17, 15) is 0 Å². The number of ether oxygens (including phenoxy) is 1. The predicted octanol–water partition coefficient (Wildman–Crippen LogP) is 4.57. The molecular weight excluding hydrogens is 321 g/mol. The van der Waals surface area contributed by atoms with E-state index >= 15 is 0 Å². The fraction of sp³-hybridized carbons (Fsp3) is 0.286. The molecule has 1 aliphatic heterocycles. The first kappa shape index (κ1) is 15.5. The van der Waals surface area contributed by atoms with E-state index < -0.39 is 0 Å². The fourth-order valence-electron chi connectivity index (χ4n) is 2.27. The minimum absolute atomic E-state index is 0. The van der Waals surface area contributed by atoms with E-state index in [1.807, 2.05) is 19.2 Å². The molecule has 2 heterocycles. The molecule has 6 heteroatoms. The van der Waals surface area contributed by atoms with Gasteiger partial charge in [0.05, 0.1) is 22.9 Å². The van der Waals surface area contributed by atoms with Crippen LogP contribution in [0.2, 0.25) is 10.0 Å². The Bertz CT molecular complexity index is 600. The minimum atomic E-state index is -0.0512. The zero-order valence-electron chi connectivity index (χ0n) is 10.8. The summed E-state index contributed by atoms with van der Waals surface area (Å²) in [7, 11) is 2.04. The van der Waals surface area contributed by atoms with E-state index in [1.165, 1.54) is 0 Å². The molecule has 1 atom stereocenters. The molecule has 0 N–H and O–H groups in total. The largest absolute Gasteiger partial charge is 0.484 e. The normalized spacial score (nSPS) is 18.2. The lowest BCUT2D eigenvalue weighted by Gasteiger charge is -2.29. The van der Waals surface area contributed by atoms with E-state index in [1.54, 1.807) is 18.4 Å². The summed E-state index contributed by atoms with van der Waals surface area (Å²) < 4.78 is 11.5. The van der Waals surface area contributed by atoms with E-state index in [-0.39, 0.29) is 18.5 Å². The van der Waals surface area contributed by atoms with Gasteiger partial charge in [0.2, 0.25) is 0 Å². The van der Waals surface area contributed by atoms with Crippen molar-refractivity contribution < 1.29 is 9.15 Å². The first-order chi connectivity index (χ1) is 9.13. The predicted molar refractivity (Wildman–Crippen MR) is 82.1 cm³/mol. The van der Waals surface area contributed by atoms with Crippen LogP contribution in [0.25, 0.3) is 0 Å². The molecule has 0 saturated carbocycles. The molecule has 3 rings (SSSR count). The van der Waals surface area contributed by atoms with Crippen LogP contribution < -0.4 is 4.74 Å². The van der Waals surface area contributed by atoms with Gasteiger partial charge in [-0.05, 0) is 25.2 Å². The highest BCUT2D eigenvalue weighted by Gasteiger charge is 2.27. The third kappa shape index (κ3) is 3.07. The van der Waals surface area contributed by atoms with Gasteiger partial charge in [-0.25, -0.2) is 0 Å². The first-order valence-electron chi connectivity index (χ1n) is 6.00. The molecule has 2 aromatic rings. The molecule has 3 nitrogen and oxygen atoms in total. The minimum Gasteiger partial charge on any atom is -0.484 e. The summed E-state index contributed by atoms with van der Waals surface area (Å²) in [6, 6.07) is 7.26. The maximum atomic E-state index is 6.00. The average Bonchev–Trinajstić information content (AvgIpc) is 2.82. The average molecular weight is 335 g/mol. The highest BCUT2D eigenvalue weighted by Crippen LogP contribution is 2.33. The van der Waals surface area contributed by atoms with Gasteiger partial charge in [-0.3, -0.25) is 4.90 Å². The lowest BCUT2D eigenvalue weighted by atomic mass is 10.1. The van der Waals surface area contributed by atoms with Crippen LogP contribution in [0.3, 0.4) is 0 Å². The molecule has 0 saturated heterocycles. The van der Waals surface area contributed by atoms with E-state index in [0.717, 1.165) is 24.4 Å². The zero-order valence-corrected chi connectivity index (χ0v) is 13.1. The van der Waals surface area contributed by atoms with Gasteiger partial charge in [-0.1, -0.05) is 23.2 Å². The summed E-state index contributed by atoms with van der Waals surface area (Å²) in [6.07, 6.45) is 1.65. The summed E-state index contributed by atoms with van der Waals surface area (Å²) in [4.78, 5) is 2.16. The third-order valence-electron chi connectivity index (χ3n) is 3.19. The van der Waals surface area contributed by atoms with Gasteiger partial charge < -0.3 is 9.15 Å². The number of nitrogens with zero attached hydrogens (tertiary/aromatic N) is 1. The fourth-order valence-corrected chi connectivity index (χ4v) is 2.56. The van der Waals surface area contributed by atoms with Crippen molar-refractivity contribution in [2.75, 3.05) is 13.6 Å². The summed E-state index contributed by atoms with van der Waals surface area (Å²) >= 11 is 11.9. The highest BCUT2D eigenvalue weighted by molar-refractivity contribution is 6.42. The summed E-state index contributed by atoms with van der Waals surface area (Å²) in [5, 5.41) is 1.02. The van der Waals surface area contributed by atoms with Gasteiger partial charge in [0.15, 0.2) is 0 Å². The van der Waals surface area contributed by atoms with Crippen LogP contribution in [0.15, 0.2) is 34.9 Å². The topological polar surface area (TPSA) is 25.6 Å². The number of likely N-dealkylation sites (N-methyl/N-ethyl adjacent to an activating group) is 1. The van der Waals surface area contributed by atoms with Crippen LogP contribution in [-0.4, -0.2) is 18.5 Å². The number of benzene rings is 1. The molecular formula is C14H14Cl3NO2. The lowest BCUT2D eigenvalue weighted by molar-refractivity contribution is 0.120. The Labute approximate surface area is 133 Å². The standard InChI is InChI=1S/C14H13Cl2NO2.ClH/c1-17-7-13-10(4-5-18-13)14(8-17)19-9-2-3-11(15)12(16)6-9;/h2-6,14H,7-8H2,1H3;1H. The Balaban J connectivity index is 0.00000147. The molecule has 1 aromatic carbocycles. The molecule has 1 aliphatic rings. The van der Waals surface area contributed by atoms with Crippen LogP contribution in [0, 0.1) is 0 Å². The van der Waals surface area contributed by atoms with Crippen LogP contribution in [-0.2, 0) is 6.54 Å². The molecule has 20 heavy (non-hydrogen) atoms. The second kappa shape index (κ2) is 6.27. The summed E-state index contributed by atoms with van der Waals surface area (Å²) in [5.41, 5.74) is 1.10. The number of furan rings is 1. The highest BCUT2D eigenvalue weighted by atomic mass is 35.5. The van der Waals surface area contributed by atoms with E-state index in [2.05, 4.69) is 4.90 Å². The Morgan fingerprint density at radius 3 is 2.80 bits per heavy atom. The summed E-state index contributed by atoms with van der Waals surface area (Å²) in [6.45, 7) is 1.62. The van der Waals surface area contributed by atoms with Crippen molar-refractivity contribution in [2.45, 2.75) is 12.6 Å². The maximum absolute atomic E-state index is 6.00. The SMILES string of the molecule is CN1Cc2occc2C(Oc2ccc(Cl)c(Cl)c2)C1.Cl. The molecule has 0 amide bonds. The first-order valence-corrected chi connectivity index (χ1v) is 6.75. The van der Waals surface area contributed by atoms with Crippen molar-refractivity contribution in [1.29, 1.82) is 0 Å². The number of rotatable bonds is 2. The molecule has 0 aliphatic carbocycles. The second-order valence-corrected chi connectivity index (χ2v) is 5.49. The Morgan fingerprint density at radius 2 is 2.05 bits per heavy atom. The van der Waals surface area contributed by atoms with E-state index in [0.29, 0.717) is 15.8 Å². The van der Waals surface area contributed by atoms with Gasteiger partial charge in [0.1, 0.15) is 17.6 Å².